The maximum atomic E-state index is 11.5. The van der Waals surface area contributed by atoms with E-state index in [1.54, 1.807) is 7.11 Å². The molecule has 0 aliphatic heterocycles. The molecule has 112 valence electrons. The Balaban J connectivity index is 2.83. The molecule has 1 atom stereocenters. The van der Waals surface area contributed by atoms with Crippen molar-refractivity contribution in [2.45, 2.75) is 32.9 Å². The van der Waals surface area contributed by atoms with Crippen LogP contribution in [0.25, 0.3) is 0 Å². The Bertz CT molecular complexity index is 445. The summed E-state index contributed by atoms with van der Waals surface area (Å²) >= 11 is 0. The lowest BCUT2D eigenvalue weighted by molar-refractivity contribution is -0.125. The van der Waals surface area contributed by atoms with E-state index in [0.29, 0.717) is 11.5 Å². The van der Waals surface area contributed by atoms with Crippen LogP contribution in [0, 0.1) is 0 Å². The minimum Gasteiger partial charge on any atom is -0.493 e. The third-order valence-electron chi connectivity index (χ3n) is 2.70. The van der Waals surface area contributed by atoms with Crippen molar-refractivity contribution in [2.24, 2.45) is 0 Å². The summed E-state index contributed by atoms with van der Waals surface area (Å²) in [5.41, 5.74) is 0.947. The van der Waals surface area contributed by atoms with Crippen molar-refractivity contribution in [2.75, 3.05) is 20.8 Å². The zero-order valence-electron chi connectivity index (χ0n) is 12.7. The average molecular weight is 281 g/mol. The number of methoxy groups -OCH3 is 2. The second-order valence-corrected chi connectivity index (χ2v) is 4.80. The summed E-state index contributed by atoms with van der Waals surface area (Å²) in [5, 5.41) is 2.85. The second kappa shape index (κ2) is 7.75. The lowest BCUT2D eigenvalue weighted by Gasteiger charge is -2.18. The molecule has 0 spiro atoms. The molecular weight excluding hydrogens is 258 g/mol. The standard InChI is InChI=1S/C15H23NO4/c1-10(2)20-13-7-6-12(8-14(13)19-5)11(3)16-15(17)9-18-4/h6-8,10-11H,9H2,1-5H3,(H,16,17)/t11-/m1/s1. The summed E-state index contributed by atoms with van der Waals surface area (Å²) in [5.74, 6) is 1.20. The van der Waals surface area contributed by atoms with Gasteiger partial charge in [0.25, 0.3) is 0 Å². The van der Waals surface area contributed by atoms with Crippen molar-refractivity contribution in [1.29, 1.82) is 0 Å². The fraction of sp³-hybridized carbons (Fsp3) is 0.533. The normalized spacial score (nSPS) is 12.1. The molecule has 0 fully saturated rings. The van der Waals surface area contributed by atoms with Gasteiger partial charge in [-0.3, -0.25) is 4.79 Å². The minimum absolute atomic E-state index is 0.0516. The molecule has 1 N–H and O–H groups in total. The van der Waals surface area contributed by atoms with Gasteiger partial charge >= 0.3 is 0 Å². The summed E-state index contributed by atoms with van der Waals surface area (Å²) in [7, 11) is 3.09. The van der Waals surface area contributed by atoms with E-state index in [1.165, 1.54) is 7.11 Å². The SMILES string of the molecule is COCC(=O)N[C@H](C)c1ccc(OC(C)C)c(OC)c1. The van der Waals surface area contributed by atoms with Gasteiger partial charge in [-0.25, -0.2) is 0 Å². The molecular formula is C15H23NO4. The van der Waals surface area contributed by atoms with Crippen LogP contribution in [0.15, 0.2) is 18.2 Å². The summed E-state index contributed by atoms with van der Waals surface area (Å²) in [4.78, 5) is 11.5. The zero-order chi connectivity index (χ0) is 15.1. The Labute approximate surface area is 120 Å². The molecule has 1 aromatic rings. The number of carbonyl (C=O) groups is 1. The molecule has 1 rings (SSSR count). The monoisotopic (exact) mass is 281 g/mol. The number of ether oxygens (including phenoxy) is 3. The Morgan fingerprint density at radius 3 is 2.45 bits per heavy atom. The first-order valence-electron chi connectivity index (χ1n) is 6.60. The number of benzene rings is 1. The van der Waals surface area contributed by atoms with Crippen molar-refractivity contribution in [3.05, 3.63) is 23.8 Å². The van der Waals surface area contributed by atoms with Gasteiger partial charge in [0.05, 0.1) is 19.3 Å². The number of amides is 1. The molecule has 0 bridgehead atoms. The van der Waals surface area contributed by atoms with Gasteiger partial charge in [0.15, 0.2) is 11.5 Å². The Hall–Kier alpha value is -1.75. The summed E-state index contributed by atoms with van der Waals surface area (Å²) in [6.45, 7) is 5.88. The molecule has 20 heavy (non-hydrogen) atoms. The number of rotatable bonds is 7. The molecule has 0 saturated carbocycles. The third-order valence-corrected chi connectivity index (χ3v) is 2.70. The number of hydrogen-bond acceptors (Lipinski definition) is 4. The highest BCUT2D eigenvalue weighted by Gasteiger charge is 2.13. The summed E-state index contributed by atoms with van der Waals surface area (Å²) in [6, 6.07) is 5.51. The lowest BCUT2D eigenvalue weighted by atomic mass is 10.1. The fourth-order valence-corrected chi connectivity index (χ4v) is 1.80. The highest BCUT2D eigenvalue weighted by atomic mass is 16.5. The quantitative estimate of drug-likeness (QED) is 0.833. The van der Waals surface area contributed by atoms with Gasteiger partial charge in [0.2, 0.25) is 5.91 Å². The van der Waals surface area contributed by atoms with E-state index >= 15 is 0 Å². The second-order valence-electron chi connectivity index (χ2n) is 4.80. The number of carbonyl (C=O) groups excluding carboxylic acids is 1. The van der Waals surface area contributed by atoms with Crippen molar-refractivity contribution < 1.29 is 19.0 Å². The van der Waals surface area contributed by atoms with Gasteiger partial charge in [-0.15, -0.1) is 0 Å². The van der Waals surface area contributed by atoms with E-state index in [9.17, 15) is 4.79 Å². The Morgan fingerprint density at radius 2 is 1.90 bits per heavy atom. The van der Waals surface area contributed by atoms with Gasteiger partial charge in [0, 0.05) is 7.11 Å². The number of hydrogen-bond donors (Lipinski definition) is 1. The highest BCUT2D eigenvalue weighted by Crippen LogP contribution is 2.31. The topological polar surface area (TPSA) is 56.8 Å². The van der Waals surface area contributed by atoms with Gasteiger partial charge in [0.1, 0.15) is 6.61 Å². The molecule has 0 heterocycles. The largest absolute Gasteiger partial charge is 0.493 e. The molecule has 1 aromatic carbocycles. The molecule has 0 saturated heterocycles. The van der Waals surface area contributed by atoms with Gasteiger partial charge < -0.3 is 19.5 Å². The zero-order valence-corrected chi connectivity index (χ0v) is 12.7. The molecule has 1 amide bonds. The predicted molar refractivity (Wildman–Crippen MR) is 77.2 cm³/mol. The van der Waals surface area contributed by atoms with Crippen molar-refractivity contribution >= 4 is 5.91 Å². The molecule has 0 aliphatic carbocycles. The van der Waals surface area contributed by atoms with Crippen LogP contribution in [0.5, 0.6) is 11.5 Å². The molecule has 0 radical (unpaired) electrons. The van der Waals surface area contributed by atoms with E-state index < -0.39 is 0 Å². The van der Waals surface area contributed by atoms with E-state index in [0.717, 1.165) is 5.56 Å². The van der Waals surface area contributed by atoms with Crippen LogP contribution < -0.4 is 14.8 Å². The van der Waals surface area contributed by atoms with Crippen LogP contribution in [-0.4, -0.2) is 32.8 Å². The van der Waals surface area contributed by atoms with Crippen LogP contribution >= 0.6 is 0 Å². The Morgan fingerprint density at radius 1 is 1.20 bits per heavy atom. The van der Waals surface area contributed by atoms with Crippen LogP contribution in [0.4, 0.5) is 0 Å². The number of nitrogens with one attached hydrogen (secondary N) is 1. The van der Waals surface area contributed by atoms with Gasteiger partial charge in [-0.1, -0.05) is 6.07 Å². The Kier molecular flexibility index (Phi) is 6.31. The van der Waals surface area contributed by atoms with Crippen LogP contribution in [0.1, 0.15) is 32.4 Å². The first kappa shape index (κ1) is 16.3. The van der Waals surface area contributed by atoms with E-state index in [-0.39, 0.29) is 24.7 Å². The molecule has 0 aromatic heterocycles. The summed E-state index contributed by atoms with van der Waals surface area (Å²) < 4.78 is 15.8. The smallest absolute Gasteiger partial charge is 0.246 e. The van der Waals surface area contributed by atoms with E-state index in [1.807, 2.05) is 39.0 Å². The predicted octanol–water partition coefficient (Wildman–Crippen LogP) is 2.31. The minimum atomic E-state index is -0.151. The maximum Gasteiger partial charge on any atom is 0.246 e. The van der Waals surface area contributed by atoms with Crippen molar-refractivity contribution in [3.8, 4) is 11.5 Å². The lowest BCUT2D eigenvalue weighted by Crippen LogP contribution is -2.29. The van der Waals surface area contributed by atoms with Gasteiger partial charge in [-0.05, 0) is 38.5 Å². The van der Waals surface area contributed by atoms with Gasteiger partial charge in [-0.2, -0.15) is 0 Å². The maximum absolute atomic E-state index is 11.5. The molecule has 0 aliphatic rings. The van der Waals surface area contributed by atoms with Crippen LogP contribution in [0.2, 0.25) is 0 Å². The summed E-state index contributed by atoms with van der Waals surface area (Å²) in [6.07, 6.45) is 0.0774. The highest BCUT2D eigenvalue weighted by molar-refractivity contribution is 5.77. The van der Waals surface area contributed by atoms with E-state index in [4.69, 9.17) is 14.2 Å². The third kappa shape index (κ3) is 4.74. The van der Waals surface area contributed by atoms with Crippen LogP contribution in [-0.2, 0) is 9.53 Å². The van der Waals surface area contributed by atoms with E-state index in [2.05, 4.69) is 5.32 Å². The van der Waals surface area contributed by atoms with Crippen molar-refractivity contribution in [3.63, 3.8) is 0 Å². The first-order chi connectivity index (χ1) is 9.47. The van der Waals surface area contributed by atoms with Crippen LogP contribution in [0.3, 0.4) is 0 Å². The first-order valence-corrected chi connectivity index (χ1v) is 6.60. The average Bonchev–Trinajstić information content (AvgIpc) is 2.38. The molecule has 0 unspecified atom stereocenters. The van der Waals surface area contributed by atoms with Crippen molar-refractivity contribution in [1.82, 2.24) is 5.32 Å². The fourth-order valence-electron chi connectivity index (χ4n) is 1.80. The molecule has 5 heteroatoms. The molecule has 5 nitrogen and oxygen atoms in total.